The van der Waals surface area contributed by atoms with E-state index < -0.39 is 91.0 Å². The second-order valence-electron chi connectivity index (χ2n) is 30.2. The predicted octanol–water partition coefficient (Wildman–Crippen LogP) is 4.47. The highest BCUT2D eigenvalue weighted by Crippen LogP contribution is 2.48. The number of aliphatic hydroxyl groups excluding tert-OH is 3. The van der Waals surface area contributed by atoms with Crippen molar-refractivity contribution in [3.8, 4) is 0 Å². The molecular formula is C76H100FN5O24. The Morgan fingerprint density at radius 3 is 1.09 bits per heavy atom. The van der Waals surface area contributed by atoms with Crippen molar-refractivity contribution in [3.63, 3.8) is 0 Å². The molecule has 0 unspecified atom stereocenters. The number of carbonyl (C=O) groups is 5. The predicted molar refractivity (Wildman–Crippen MR) is 366 cm³/mol. The van der Waals surface area contributed by atoms with Crippen molar-refractivity contribution in [1.82, 2.24) is 19.6 Å². The third-order valence-electron chi connectivity index (χ3n) is 20.7. The lowest BCUT2D eigenvalue weighted by Gasteiger charge is -2.27. The first-order chi connectivity index (χ1) is 50.5. The number of likely N-dealkylation sites (tertiary alicyclic amines) is 4. The molecule has 4 aromatic rings. The van der Waals surface area contributed by atoms with Gasteiger partial charge in [0, 0.05) is 43.4 Å². The Labute approximate surface area is 615 Å². The molecule has 4 amide bonds. The van der Waals surface area contributed by atoms with Gasteiger partial charge < -0.3 is 102 Å². The highest BCUT2D eigenvalue weighted by atomic mass is 19.1. The van der Waals surface area contributed by atoms with E-state index >= 15 is 0 Å². The first-order valence-corrected chi connectivity index (χ1v) is 36.4. The topological polar surface area (TPSA) is 337 Å². The fourth-order valence-electron chi connectivity index (χ4n) is 16.1. The number of fused-ring (bicyclic) bond motifs is 11. The number of ether oxygens (including phenoxy) is 15. The number of rotatable bonds is 8. The zero-order chi connectivity index (χ0) is 75.5. The van der Waals surface area contributed by atoms with Crippen LogP contribution in [0, 0.1) is 17.8 Å². The number of amides is 4. The van der Waals surface area contributed by atoms with Gasteiger partial charge in [-0.25, -0.2) is 23.6 Å². The number of nitrogens with zero attached hydrogens (tertiary/aromatic N) is 4. The lowest BCUT2D eigenvalue weighted by Crippen LogP contribution is -2.89. The van der Waals surface area contributed by atoms with Gasteiger partial charge in [-0.05, 0) is 70.7 Å². The third-order valence-corrected chi connectivity index (χ3v) is 20.7. The number of nitrogens with two attached hydrogens (primary N) is 1. The summed E-state index contributed by atoms with van der Waals surface area (Å²) in [5.41, 5.74) is 3.80. The van der Waals surface area contributed by atoms with Crippen LogP contribution in [-0.2, 0) is 102 Å². The number of halogens is 1. The molecule has 13 fully saturated rings. The van der Waals surface area contributed by atoms with Crippen LogP contribution in [0.2, 0.25) is 0 Å². The molecule has 30 heteroatoms. The molecule has 5 N–H and O–H groups in total. The van der Waals surface area contributed by atoms with Crippen molar-refractivity contribution in [2.75, 3.05) is 45.9 Å². The Balaban J connectivity index is 0.000000125. The molecule has 13 aliphatic rings. The van der Waals surface area contributed by atoms with E-state index in [1.54, 1.807) is 28.5 Å². The summed E-state index contributed by atoms with van der Waals surface area (Å²) in [5.74, 6) is -2.56. The lowest BCUT2D eigenvalue weighted by molar-refractivity contribution is -0.677. The van der Waals surface area contributed by atoms with Gasteiger partial charge in [-0.2, -0.15) is 0 Å². The average molecular weight is 1490 g/mol. The Morgan fingerprint density at radius 1 is 0.434 bits per heavy atom. The lowest BCUT2D eigenvalue weighted by atomic mass is 10.0. The quantitative estimate of drug-likeness (QED) is 0.177. The Bertz CT molecular complexity index is 3320. The van der Waals surface area contributed by atoms with Crippen LogP contribution in [0.4, 0.5) is 23.6 Å². The fourth-order valence-corrected chi connectivity index (χ4v) is 16.1. The van der Waals surface area contributed by atoms with E-state index in [1.807, 2.05) is 161 Å². The molecule has 0 saturated carbocycles. The number of carboxylic acids is 1. The van der Waals surface area contributed by atoms with Crippen LogP contribution in [-0.4, -0.2) is 251 Å². The molecule has 0 bridgehead atoms. The van der Waals surface area contributed by atoms with E-state index in [9.17, 15) is 38.9 Å². The van der Waals surface area contributed by atoms with Crippen molar-refractivity contribution in [3.05, 3.63) is 144 Å². The van der Waals surface area contributed by atoms with Gasteiger partial charge in [0.15, 0.2) is 42.4 Å². The smallest absolute Gasteiger partial charge is 0.410 e. The van der Waals surface area contributed by atoms with Gasteiger partial charge in [-0.1, -0.05) is 142 Å². The maximum atomic E-state index is 12.8. The molecule has 0 aromatic heterocycles. The summed E-state index contributed by atoms with van der Waals surface area (Å²) in [6.07, 6.45) is -7.69. The van der Waals surface area contributed by atoms with Crippen LogP contribution in [0.15, 0.2) is 121 Å². The van der Waals surface area contributed by atoms with Crippen molar-refractivity contribution in [2.24, 2.45) is 17.8 Å². The molecule has 13 heterocycles. The monoisotopic (exact) mass is 1490 g/mol. The molecule has 580 valence electrons. The van der Waals surface area contributed by atoms with Gasteiger partial charge in [0.2, 0.25) is 0 Å². The molecule has 4 aromatic carbocycles. The summed E-state index contributed by atoms with van der Waals surface area (Å²) >= 11 is 0. The van der Waals surface area contributed by atoms with Crippen molar-refractivity contribution < 1.29 is 125 Å². The van der Waals surface area contributed by atoms with Gasteiger partial charge in [-0.3, -0.25) is 19.6 Å². The number of β-amino-alcohol motifs (C(OH)–C–C–N with tert-alkyl or cyclic N) is 1. The third kappa shape index (κ3) is 18.0. The maximum absolute atomic E-state index is 12.8. The van der Waals surface area contributed by atoms with E-state index in [4.69, 9.17) is 81.0 Å². The first kappa shape index (κ1) is 78.3. The summed E-state index contributed by atoms with van der Waals surface area (Å²) in [7, 11) is 0. The van der Waals surface area contributed by atoms with E-state index in [0.29, 0.717) is 39.4 Å². The molecule has 17 rings (SSSR count). The largest absolute Gasteiger partial charge is 0.550 e. The van der Waals surface area contributed by atoms with Crippen LogP contribution in [0.25, 0.3) is 0 Å². The normalized spacial score (nSPS) is 36.1. The Hall–Kier alpha value is -7.24. The molecule has 23 atom stereocenters. The number of benzene rings is 4. The summed E-state index contributed by atoms with van der Waals surface area (Å²) in [6.45, 7) is 22.1. The number of carboxylic acid groups (broad SMARTS) is 1. The number of alkyl halides is 1. The number of aliphatic carboxylic acids is 1. The SMILES string of the molecule is CC(=O)[O-].CC1(C)O[C@H]2O[C@H]3[C@@H]([C@H]2O1)N(C(=O)OCc1ccccc1)C[C@H]3O.C[C@H]1CN(C(=O)OCc2ccccc2)[C@@H]2[C@H]3OC(C)(C)O[C@H]3O[C@@H]21.C[C@H]1CN(C(=O)OCc2ccccc2)[C@@H]2[C@H]3OC(C)(C)O[C@H]3O[C@@H]21.C[C@H]1CN(C(=O)OCc2ccccc2)[C@H]2[C@@H]1OC[C@@H]2O.O[C@H]1CO[C@H]2[C@@H]1[NH2+]C[C@H]2F. The molecule has 106 heavy (non-hydrogen) atoms. The van der Waals surface area contributed by atoms with E-state index in [2.05, 4.69) is 13.8 Å². The van der Waals surface area contributed by atoms with Crippen LogP contribution in [0.1, 0.15) is 91.5 Å². The maximum Gasteiger partial charge on any atom is 0.410 e. The van der Waals surface area contributed by atoms with Gasteiger partial charge in [-0.15, -0.1) is 0 Å². The number of quaternary nitrogens is 1. The minimum atomic E-state index is -1.08. The summed E-state index contributed by atoms with van der Waals surface area (Å²) in [4.78, 5) is 65.4. The van der Waals surface area contributed by atoms with Crippen LogP contribution >= 0.6 is 0 Å². The highest BCUT2D eigenvalue weighted by Gasteiger charge is 2.65. The molecule has 0 aliphatic carbocycles. The van der Waals surface area contributed by atoms with Gasteiger partial charge in [0.1, 0.15) is 87.8 Å². The van der Waals surface area contributed by atoms with Crippen LogP contribution in [0.3, 0.4) is 0 Å². The molecular weight excluding hydrogens is 1390 g/mol. The minimum Gasteiger partial charge on any atom is -0.550 e. The summed E-state index contributed by atoms with van der Waals surface area (Å²) in [6, 6.07) is 37.3. The Morgan fingerprint density at radius 2 is 0.736 bits per heavy atom. The van der Waals surface area contributed by atoms with Crippen molar-refractivity contribution in [1.29, 1.82) is 0 Å². The minimum absolute atomic E-state index is 0.0463. The van der Waals surface area contributed by atoms with Gasteiger partial charge >= 0.3 is 24.4 Å². The zero-order valence-electron chi connectivity index (χ0n) is 61.3. The number of hydrogen-bond donors (Lipinski definition) is 4. The molecule has 13 saturated heterocycles. The number of carbonyl (C=O) groups excluding carboxylic acids is 5. The average Bonchev–Trinajstić information content (AvgIpc) is 1.59. The van der Waals surface area contributed by atoms with Gasteiger partial charge in [0.05, 0.1) is 62.2 Å². The number of hydrogen-bond acceptors (Lipinski definition) is 24. The Kier molecular flexibility index (Phi) is 24.6. The first-order valence-electron chi connectivity index (χ1n) is 36.4. The second kappa shape index (κ2) is 33.3. The van der Waals surface area contributed by atoms with Gasteiger partial charge in [0.25, 0.3) is 0 Å². The van der Waals surface area contributed by atoms with E-state index in [0.717, 1.165) is 29.2 Å². The van der Waals surface area contributed by atoms with Crippen LogP contribution in [0.5, 0.6) is 0 Å². The van der Waals surface area contributed by atoms with Crippen molar-refractivity contribution >= 4 is 30.3 Å². The molecule has 0 spiro atoms. The fraction of sp³-hybridized carbons (Fsp3) is 0.618. The molecule has 29 nitrogen and oxygen atoms in total. The highest BCUT2D eigenvalue weighted by molar-refractivity contribution is 5.71. The van der Waals surface area contributed by atoms with Crippen molar-refractivity contribution in [2.45, 2.75) is 235 Å². The zero-order valence-corrected chi connectivity index (χ0v) is 61.3. The second-order valence-corrected chi connectivity index (χ2v) is 30.2. The van der Waals surface area contributed by atoms with Crippen LogP contribution < -0.4 is 10.4 Å². The standard InChI is InChI=1S/2C18H23NO5.C17H21NO6.C15H19NO4.C6H10FNO2.C2H4O2/c2*1-11-9-19(17(20)21-10-12-7-5-4-6-8-12)13-14(11)22-16-15(13)23-18(2,3)24-16;1-17(2)23-14-12-13(22-15(14)24-17)11(19)8-18(12)16(20)21-9-10-6-4-3-5-7-10;1-10-7-16(13-12(17)9-19-14(10)13)15(18)20-8-11-5-3-2-4-6-11;7-3-1-8-5-4(9)2-10-6(3)5;1-2(3)4/h2*4-8,11,13-16H,9-10H2,1-3H3;3-7,11-15,19H,8-9H2,1-2H3;2-6,10,12-14,17H,7-9H2,1H3;3-6,8-9H,1-2H2;1H3,(H,3,4)/t2*11-,13-,14+,15+,16+;11-,12+,13-,14-,15-;10-,12-,13+,14+;3-,4+,5-,6-;/m00101./s1. The summed E-state index contributed by atoms with van der Waals surface area (Å²) < 4.78 is 98.0. The summed E-state index contributed by atoms with van der Waals surface area (Å²) in [5, 5.41) is 40.1. The molecule has 0 radical (unpaired) electrons. The van der Waals surface area contributed by atoms with E-state index in [-0.39, 0.29) is 130 Å². The van der Waals surface area contributed by atoms with E-state index in [1.165, 1.54) is 4.90 Å². The number of aliphatic hydroxyl groups is 3. The molecule has 13 aliphatic heterocycles.